The van der Waals surface area contributed by atoms with Crippen molar-refractivity contribution < 1.29 is 4.79 Å². The van der Waals surface area contributed by atoms with E-state index in [4.69, 9.17) is 5.84 Å². The smallest absolute Gasteiger partial charge is 0.238 e. The quantitative estimate of drug-likeness (QED) is 0.423. The van der Waals surface area contributed by atoms with Crippen LogP contribution < -0.4 is 11.3 Å². The molecule has 0 spiro atoms. The van der Waals surface area contributed by atoms with Gasteiger partial charge in [-0.15, -0.1) is 0 Å². The van der Waals surface area contributed by atoms with Gasteiger partial charge in [-0.3, -0.25) is 15.1 Å². The van der Waals surface area contributed by atoms with E-state index in [2.05, 4.69) is 17.2 Å². The topological polar surface area (TPSA) is 58.4 Å². The average Bonchev–Trinajstić information content (AvgIpc) is 2.85. The molecule has 3 N–H and O–H groups in total. The van der Waals surface area contributed by atoms with Gasteiger partial charge in [0.25, 0.3) is 0 Å². The van der Waals surface area contributed by atoms with Gasteiger partial charge in [-0.05, 0) is 31.6 Å². The molecular weight excluding hydrogens is 202 g/mol. The fraction of sp³-hybridized carbons (Fsp3) is 0.917. The van der Waals surface area contributed by atoms with Crippen molar-refractivity contribution in [2.75, 3.05) is 13.1 Å². The standard InChI is InChI=1S/C12H23N3O/c1-8(12(16)14-13)9(2)15-6-10-4-3-5-11(10)7-15/h8-11H,3-7,13H2,1-2H3,(H,14,16). The Labute approximate surface area is 97.5 Å². The van der Waals surface area contributed by atoms with Crippen LogP contribution in [0.5, 0.6) is 0 Å². The lowest BCUT2D eigenvalue weighted by Crippen LogP contribution is -2.45. The molecule has 1 aliphatic heterocycles. The van der Waals surface area contributed by atoms with Crippen LogP contribution in [0.1, 0.15) is 33.1 Å². The van der Waals surface area contributed by atoms with Gasteiger partial charge in [0.1, 0.15) is 0 Å². The Kier molecular flexibility index (Phi) is 3.50. The number of hydrazine groups is 1. The molecule has 1 saturated carbocycles. The normalized spacial score (nSPS) is 33.4. The summed E-state index contributed by atoms with van der Waals surface area (Å²) in [7, 11) is 0. The van der Waals surface area contributed by atoms with E-state index in [1.165, 1.54) is 32.4 Å². The number of likely N-dealkylation sites (tertiary alicyclic amines) is 1. The molecule has 0 bridgehead atoms. The minimum absolute atomic E-state index is 0.0242. The summed E-state index contributed by atoms with van der Waals surface area (Å²) in [4.78, 5) is 14.0. The zero-order chi connectivity index (χ0) is 11.7. The van der Waals surface area contributed by atoms with E-state index in [9.17, 15) is 4.79 Å². The molecule has 4 unspecified atom stereocenters. The number of fused-ring (bicyclic) bond motifs is 1. The molecule has 0 aromatic rings. The van der Waals surface area contributed by atoms with Crippen molar-refractivity contribution in [3.63, 3.8) is 0 Å². The van der Waals surface area contributed by atoms with Gasteiger partial charge in [-0.2, -0.15) is 0 Å². The van der Waals surface area contributed by atoms with Crippen LogP contribution >= 0.6 is 0 Å². The van der Waals surface area contributed by atoms with E-state index < -0.39 is 0 Å². The van der Waals surface area contributed by atoms with Crippen LogP contribution in [0.3, 0.4) is 0 Å². The van der Waals surface area contributed by atoms with Crippen molar-refractivity contribution >= 4 is 5.91 Å². The van der Waals surface area contributed by atoms with Gasteiger partial charge in [0, 0.05) is 19.1 Å². The molecule has 1 aliphatic carbocycles. The van der Waals surface area contributed by atoms with Gasteiger partial charge in [0.05, 0.1) is 5.92 Å². The number of carbonyl (C=O) groups is 1. The van der Waals surface area contributed by atoms with Crippen molar-refractivity contribution in [3.8, 4) is 0 Å². The molecule has 2 aliphatic rings. The first-order chi connectivity index (χ1) is 7.63. The third-order valence-corrected chi connectivity index (χ3v) is 4.61. The molecule has 0 aromatic heterocycles. The van der Waals surface area contributed by atoms with Crippen molar-refractivity contribution in [1.29, 1.82) is 0 Å². The van der Waals surface area contributed by atoms with Crippen LogP contribution in [0.25, 0.3) is 0 Å². The third kappa shape index (κ3) is 2.09. The summed E-state index contributed by atoms with van der Waals surface area (Å²) < 4.78 is 0. The summed E-state index contributed by atoms with van der Waals surface area (Å²) in [6, 6.07) is 0.300. The zero-order valence-electron chi connectivity index (χ0n) is 10.3. The largest absolute Gasteiger partial charge is 0.299 e. The highest BCUT2D eigenvalue weighted by Gasteiger charge is 2.39. The summed E-state index contributed by atoms with van der Waals surface area (Å²) in [5.74, 6) is 6.88. The second kappa shape index (κ2) is 4.72. The molecule has 92 valence electrons. The number of carbonyl (C=O) groups excluding carboxylic acids is 1. The predicted molar refractivity (Wildman–Crippen MR) is 63.4 cm³/mol. The maximum atomic E-state index is 11.5. The van der Waals surface area contributed by atoms with E-state index in [1.807, 2.05) is 6.92 Å². The fourth-order valence-corrected chi connectivity index (χ4v) is 3.27. The van der Waals surface area contributed by atoms with Crippen LogP contribution in [0.4, 0.5) is 0 Å². The molecule has 1 heterocycles. The van der Waals surface area contributed by atoms with Crippen molar-refractivity contribution in [1.82, 2.24) is 10.3 Å². The number of hydrogen-bond acceptors (Lipinski definition) is 3. The Balaban J connectivity index is 1.91. The van der Waals surface area contributed by atoms with E-state index in [0.29, 0.717) is 6.04 Å². The highest BCUT2D eigenvalue weighted by molar-refractivity contribution is 5.78. The monoisotopic (exact) mass is 225 g/mol. The highest BCUT2D eigenvalue weighted by atomic mass is 16.2. The fourth-order valence-electron chi connectivity index (χ4n) is 3.27. The van der Waals surface area contributed by atoms with Crippen molar-refractivity contribution in [3.05, 3.63) is 0 Å². The van der Waals surface area contributed by atoms with E-state index in [-0.39, 0.29) is 11.8 Å². The van der Waals surface area contributed by atoms with Crippen molar-refractivity contribution in [2.24, 2.45) is 23.6 Å². The van der Waals surface area contributed by atoms with E-state index in [0.717, 1.165) is 11.8 Å². The SMILES string of the molecule is CC(C(=O)NN)C(C)N1CC2CCCC2C1. The molecule has 2 fully saturated rings. The molecule has 0 aromatic carbocycles. The Bertz CT molecular complexity index is 257. The minimum atomic E-state index is -0.0513. The number of nitrogens with one attached hydrogen (secondary N) is 1. The third-order valence-electron chi connectivity index (χ3n) is 4.61. The van der Waals surface area contributed by atoms with Gasteiger partial charge in [-0.1, -0.05) is 13.3 Å². The molecule has 1 saturated heterocycles. The first-order valence-corrected chi connectivity index (χ1v) is 6.38. The summed E-state index contributed by atoms with van der Waals surface area (Å²) in [5, 5.41) is 0. The Morgan fingerprint density at radius 1 is 1.31 bits per heavy atom. The molecule has 1 amide bonds. The molecule has 4 nitrogen and oxygen atoms in total. The lowest BCUT2D eigenvalue weighted by atomic mass is 10.0. The molecule has 16 heavy (non-hydrogen) atoms. The summed E-state index contributed by atoms with van der Waals surface area (Å²) in [6.45, 7) is 6.45. The zero-order valence-corrected chi connectivity index (χ0v) is 10.3. The maximum absolute atomic E-state index is 11.5. The van der Waals surface area contributed by atoms with Crippen LogP contribution in [-0.2, 0) is 4.79 Å². The first-order valence-electron chi connectivity index (χ1n) is 6.38. The molecule has 0 radical (unpaired) electrons. The van der Waals surface area contributed by atoms with Gasteiger partial charge >= 0.3 is 0 Å². The predicted octanol–water partition coefficient (Wildman–Crippen LogP) is 0.733. The minimum Gasteiger partial charge on any atom is -0.299 e. The number of amides is 1. The number of nitrogens with two attached hydrogens (primary N) is 1. The Morgan fingerprint density at radius 2 is 1.88 bits per heavy atom. The van der Waals surface area contributed by atoms with Gasteiger partial charge in [0.2, 0.25) is 5.91 Å². The lowest BCUT2D eigenvalue weighted by molar-refractivity contribution is -0.126. The van der Waals surface area contributed by atoms with Crippen LogP contribution in [0.15, 0.2) is 0 Å². The summed E-state index contributed by atoms with van der Waals surface area (Å²) in [6.07, 6.45) is 4.16. The highest BCUT2D eigenvalue weighted by Crippen LogP contribution is 2.39. The number of hydrogen-bond donors (Lipinski definition) is 2. The maximum Gasteiger partial charge on any atom is 0.238 e. The Morgan fingerprint density at radius 3 is 2.38 bits per heavy atom. The van der Waals surface area contributed by atoms with Gasteiger partial charge < -0.3 is 0 Å². The van der Waals surface area contributed by atoms with Crippen LogP contribution in [0, 0.1) is 17.8 Å². The van der Waals surface area contributed by atoms with Gasteiger partial charge in [0.15, 0.2) is 0 Å². The van der Waals surface area contributed by atoms with Crippen LogP contribution in [-0.4, -0.2) is 29.9 Å². The lowest BCUT2D eigenvalue weighted by Gasteiger charge is -2.29. The number of nitrogens with zero attached hydrogens (tertiary/aromatic N) is 1. The van der Waals surface area contributed by atoms with E-state index in [1.54, 1.807) is 0 Å². The second-order valence-corrected chi connectivity index (χ2v) is 5.44. The Hall–Kier alpha value is -0.610. The second-order valence-electron chi connectivity index (χ2n) is 5.44. The van der Waals surface area contributed by atoms with Crippen LogP contribution in [0.2, 0.25) is 0 Å². The van der Waals surface area contributed by atoms with Crippen molar-refractivity contribution in [2.45, 2.75) is 39.2 Å². The number of rotatable bonds is 3. The first kappa shape index (κ1) is 11.9. The summed E-state index contributed by atoms with van der Waals surface area (Å²) >= 11 is 0. The average molecular weight is 225 g/mol. The molecular formula is C12H23N3O. The molecule has 2 rings (SSSR count). The molecule has 4 atom stereocenters. The summed E-state index contributed by atoms with van der Waals surface area (Å²) in [5.41, 5.74) is 2.25. The molecule has 4 heteroatoms. The van der Waals surface area contributed by atoms with Gasteiger partial charge in [-0.25, -0.2) is 5.84 Å². The van der Waals surface area contributed by atoms with E-state index >= 15 is 0 Å².